The fourth-order valence-electron chi connectivity index (χ4n) is 9.99. The van der Waals surface area contributed by atoms with E-state index in [9.17, 15) is 0 Å². The Hall–Kier alpha value is -8.60. The van der Waals surface area contributed by atoms with Crippen LogP contribution in [0.25, 0.3) is 65.7 Å². The summed E-state index contributed by atoms with van der Waals surface area (Å²) in [6.45, 7) is 0. The van der Waals surface area contributed by atoms with Gasteiger partial charge in [0.1, 0.15) is 0 Å². The zero-order valence-electron chi connectivity index (χ0n) is 34.7. The lowest BCUT2D eigenvalue weighted by Crippen LogP contribution is -2.15. The number of anilines is 6. The Balaban J connectivity index is 1.13. The molecule has 2 aliphatic heterocycles. The average Bonchev–Trinajstić information content (AvgIpc) is 3.36. The second kappa shape index (κ2) is 14.5. The average molecular weight is 819 g/mol. The highest BCUT2D eigenvalue weighted by Gasteiger charge is 2.29. The van der Waals surface area contributed by atoms with Crippen molar-refractivity contribution in [2.24, 2.45) is 0 Å². The van der Waals surface area contributed by atoms with E-state index in [0.29, 0.717) is 0 Å². The number of hydrogen-bond donors (Lipinski definition) is 0. The smallest absolute Gasteiger partial charge is 0.151 e. The van der Waals surface area contributed by atoms with Crippen LogP contribution in [0.5, 0.6) is 23.0 Å². The van der Waals surface area contributed by atoms with Gasteiger partial charge in [-0.25, -0.2) is 0 Å². The summed E-state index contributed by atoms with van der Waals surface area (Å²) < 4.78 is 13.0. The molecule has 0 fully saturated rings. The molecule has 64 heavy (non-hydrogen) atoms. The summed E-state index contributed by atoms with van der Waals surface area (Å²) in [5.41, 5.74) is 13.2. The van der Waals surface area contributed by atoms with Gasteiger partial charge in [0.2, 0.25) is 0 Å². The lowest BCUT2D eigenvalue weighted by atomic mass is 9.84. The van der Waals surface area contributed by atoms with Crippen molar-refractivity contribution < 1.29 is 9.47 Å². The van der Waals surface area contributed by atoms with Crippen molar-refractivity contribution in [3.8, 4) is 56.4 Å². The van der Waals surface area contributed by atoms with Crippen LogP contribution in [0.1, 0.15) is 0 Å². The van der Waals surface area contributed by atoms with Crippen molar-refractivity contribution in [2.75, 3.05) is 9.80 Å². The summed E-state index contributed by atoms with van der Waals surface area (Å²) in [6, 6.07) is 82.4. The molecular weight excluding hydrogens is 781 g/mol. The second-order valence-corrected chi connectivity index (χ2v) is 16.4. The molecule has 0 spiro atoms. The van der Waals surface area contributed by atoms with E-state index in [4.69, 9.17) is 9.47 Å². The van der Waals surface area contributed by atoms with Gasteiger partial charge in [0.15, 0.2) is 23.0 Å². The van der Waals surface area contributed by atoms with E-state index in [-0.39, 0.29) is 0 Å². The van der Waals surface area contributed by atoms with Gasteiger partial charge in [-0.3, -0.25) is 0 Å². The Morgan fingerprint density at radius 1 is 0.266 bits per heavy atom. The number of nitrogens with zero attached hydrogens (tertiary/aromatic N) is 2. The summed E-state index contributed by atoms with van der Waals surface area (Å²) in [5.74, 6) is 3.30. The maximum absolute atomic E-state index is 6.48. The molecule has 11 aromatic carbocycles. The van der Waals surface area contributed by atoms with E-state index in [1.807, 2.05) is 48.5 Å². The standard InChI is InChI=1S/C60H38N2O2/c1-2-17-40(18-3-1)59-47-34-32-44(62-53-26-8-12-30-57(53)64-58-31-13-9-27-54(58)62)38-50(47)60(42-21-14-20-41(36-42)46-23-15-19-39-16-4-5-22-45(39)46)48-35-33-43(37-49(48)59)61-51-24-6-10-28-55(51)63-56-29-11-7-25-52(56)61/h1-38H. The Labute approximate surface area is 371 Å². The summed E-state index contributed by atoms with van der Waals surface area (Å²) in [6.07, 6.45) is 0. The minimum Gasteiger partial charge on any atom is -0.453 e. The Morgan fingerprint density at radius 2 is 0.688 bits per heavy atom. The molecule has 0 aromatic heterocycles. The van der Waals surface area contributed by atoms with E-state index in [2.05, 4.69) is 192 Å². The second-order valence-electron chi connectivity index (χ2n) is 16.4. The van der Waals surface area contributed by atoms with Gasteiger partial charge in [0.25, 0.3) is 0 Å². The van der Waals surface area contributed by atoms with Crippen LogP contribution in [0, 0.1) is 0 Å². The number of benzene rings is 11. The molecule has 13 rings (SSSR count). The van der Waals surface area contributed by atoms with Crippen LogP contribution in [0.2, 0.25) is 0 Å². The van der Waals surface area contributed by atoms with Crippen molar-refractivity contribution in [1.29, 1.82) is 0 Å². The van der Waals surface area contributed by atoms with Crippen molar-refractivity contribution in [3.05, 3.63) is 231 Å². The summed E-state index contributed by atoms with van der Waals surface area (Å²) in [7, 11) is 0. The number of rotatable bonds is 5. The summed E-state index contributed by atoms with van der Waals surface area (Å²) in [5, 5.41) is 7.12. The third kappa shape index (κ3) is 5.70. The van der Waals surface area contributed by atoms with E-state index in [0.717, 1.165) is 79.0 Å². The van der Waals surface area contributed by atoms with Gasteiger partial charge in [0.05, 0.1) is 22.7 Å². The topological polar surface area (TPSA) is 24.9 Å². The van der Waals surface area contributed by atoms with Gasteiger partial charge < -0.3 is 19.3 Å². The monoisotopic (exact) mass is 818 g/mol. The number of ether oxygens (including phenoxy) is 2. The first kappa shape index (κ1) is 36.1. The Morgan fingerprint density at radius 3 is 1.25 bits per heavy atom. The largest absolute Gasteiger partial charge is 0.453 e. The summed E-state index contributed by atoms with van der Waals surface area (Å²) >= 11 is 0. The molecule has 0 saturated carbocycles. The van der Waals surface area contributed by atoms with Gasteiger partial charge >= 0.3 is 0 Å². The normalized spacial score (nSPS) is 12.6. The lowest BCUT2D eigenvalue weighted by Gasteiger charge is -2.33. The van der Waals surface area contributed by atoms with Crippen LogP contribution in [0.3, 0.4) is 0 Å². The van der Waals surface area contributed by atoms with Crippen LogP contribution >= 0.6 is 0 Å². The third-order valence-electron chi connectivity index (χ3n) is 12.8. The zero-order valence-corrected chi connectivity index (χ0v) is 34.7. The van der Waals surface area contributed by atoms with E-state index in [1.165, 1.54) is 43.8 Å². The molecule has 2 aliphatic rings. The van der Waals surface area contributed by atoms with E-state index < -0.39 is 0 Å². The van der Waals surface area contributed by atoms with Gasteiger partial charge in [-0.2, -0.15) is 0 Å². The molecule has 0 unspecified atom stereocenters. The molecule has 0 atom stereocenters. The maximum Gasteiger partial charge on any atom is 0.151 e. The van der Waals surface area contributed by atoms with E-state index in [1.54, 1.807) is 0 Å². The minimum absolute atomic E-state index is 0.826. The maximum atomic E-state index is 6.48. The van der Waals surface area contributed by atoms with Gasteiger partial charge in [-0.1, -0.05) is 152 Å². The first-order valence-electron chi connectivity index (χ1n) is 21.7. The predicted molar refractivity (Wildman–Crippen MR) is 265 cm³/mol. The molecule has 2 heterocycles. The van der Waals surface area contributed by atoms with Crippen molar-refractivity contribution in [3.63, 3.8) is 0 Å². The van der Waals surface area contributed by atoms with Crippen molar-refractivity contribution in [2.45, 2.75) is 0 Å². The van der Waals surface area contributed by atoms with Crippen LogP contribution in [-0.4, -0.2) is 0 Å². The number of hydrogen-bond acceptors (Lipinski definition) is 4. The number of para-hydroxylation sites is 8. The fourth-order valence-corrected chi connectivity index (χ4v) is 9.99. The molecule has 0 bridgehead atoms. The van der Waals surface area contributed by atoms with Crippen LogP contribution < -0.4 is 19.3 Å². The molecule has 4 nitrogen and oxygen atoms in total. The van der Waals surface area contributed by atoms with Gasteiger partial charge in [-0.15, -0.1) is 0 Å². The minimum atomic E-state index is 0.826. The molecule has 0 N–H and O–H groups in total. The Kier molecular flexibility index (Phi) is 8.18. The van der Waals surface area contributed by atoms with Gasteiger partial charge in [0, 0.05) is 11.4 Å². The molecule has 0 amide bonds. The first-order chi connectivity index (χ1) is 31.7. The highest BCUT2D eigenvalue weighted by Crippen LogP contribution is 2.54. The molecule has 0 saturated heterocycles. The van der Waals surface area contributed by atoms with Crippen LogP contribution in [0.4, 0.5) is 34.1 Å². The molecule has 300 valence electrons. The molecular formula is C60H38N2O2. The van der Waals surface area contributed by atoms with Crippen molar-refractivity contribution in [1.82, 2.24) is 0 Å². The van der Waals surface area contributed by atoms with E-state index >= 15 is 0 Å². The summed E-state index contributed by atoms with van der Waals surface area (Å²) in [4.78, 5) is 4.68. The molecule has 0 aliphatic carbocycles. The lowest BCUT2D eigenvalue weighted by molar-refractivity contribution is 0.477. The highest BCUT2D eigenvalue weighted by molar-refractivity contribution is 6.23. The van der Waals surface area contributed by atoms with Crippen LogP contribution in [-0.2, 0) is 0 Å². The van der Waals surface area contributed by atoms with Crippen molar-refractivity contribution >= 4 is 66.4 Å². The SMILES string of the molecule is c1ccc(-c2c3ccc(N4c5ccccc5Oc5ccccc54)cc3c(-c3cccc(-c4cccc5ccccc45)c3)c3ccc(N4c5ccccc5Oc5ccccc54)cc23)cc1. The Bertz CT molecular complexity index is 3560. The molecule has 11 aromatic rings. The first-order valence-corrected chi connectivity index (χ1v) is 21.7. The molecule has 4 heteroatoms. The zero-order chi connectivity index (χ0) is 42.1. The van der Waals surface area contributed by atoms with Crippen LogP contribution in [0.15, 0.2) is 231 Å². The number of fused-ring (bicyclic) bond motifs is 7. The van der Waals surface area contributed by atoms with Gasteiger partial charge in [-0.05, 0) is 145 Å². The predicted octanol–water partition coefficient (Wildman–Crippen LogP) is 17.3. The highest BCUT2D eigenvalue weighted by atomic mass is 16.5. The third-order valence-corrected chi connectivity index (χ3v) is 12.8. The fraction of sp³-hybridized carbons (Fsp3) is 0. The quantitative estimate of drug-likeness (QED) is 0.162. The molecule has 0 radical (unpaired) electrons.